The summed E-state index contributed by atoms with van der Waals surface area (Å²) in [6.45, 7) is 7.33. The van der Waals surface area contributed by atoms with Gasteiger partial charge in [-0.2, -0.15) is 0 Å². The van der Waals surface area contributed by atoms with Crippen molar-refractivity contribution in [1.29, 1.82) is 0 Å². The van der Waals surface area contributed by atoms with Crippen molar-refractivity contribution in [2.45, 2.75) is 43.7 Å². The normalized spacial score (nSPS) is 11.7. The molecule has 0 saturated heterocycles. The molecule has 1 heterocycles. The van der Waals surface area contributed by atoms with Gasteiger partial charge in [-0.05, 0) is 39.3 Å². The molecule has 2 rings (SSSR count). The van der Waals surface area contributed by atoms with Gasteiger partial charge in [0.2, 0.25) is 11.8 Å². The van der Waals surface area contributed by atoms with E-state index < -0.39 is 23.1 Å². The predicted molar refractivity (Wildman–Crippen MR) is 108 cm³/mol. The molecule has 4 N–H and O–H groups in total. The summed E-state index contributed by atoms with van der Waals surface area (Å²) in [7, 11) is 0. The summed E-state index contributed by atoms with van der Waals surface area (Å²) in [5, 5.41) is 4.49. The molecule has 144 valence electrons. The molecule has 0 radical (unpaired) electrons. The monoisotopic (exact) mass is 406 g/mol. The number of amides is 4. The van der Waals surface area contributed by atoms with Crippen LogP contribution in [0.2, 0.25) is 0 Å². The smallest absolute Gasteiger partial charge is 0.325 e. The third-order valence-corrected chi connectivity index (χ3v) is 6.07. The Bertz CT molecular complexity index is 879. The van der Waals surface area contributed by atoms with Gasteiger partial charge < -0.3 is 11.1 Å². The number of carbonyl (C=O) groups is 3. The molecule has 9 heteroatoms. The largest absolute Gasteiger partial charge is 0.369 e. The van der Waals surface area contributed by atoms with Crippen LogP contribution in [0.4, 0.5) is 10.5 Å². The van der Waals surface area contributed by atoms with Gasteiger partial charge in [0.05, 0.1) is 17.4 Å². The first-order valence-corrected chi connectivity index (χ1v) is 9.95. The van der Waals surface area contributed by atoms with Crippen molar-refractivity contribution in [3.8, 4) is 0 Å². The van der Waals surface area contributed by atoms with Crippen LogP contribution in [0.3, 0.4) is 0 Å². The maximum absolute atomic E-state index is 12.3. The Morgan fingerprint density at radius 3 is 2.59 bits per heavy atom. The van der Waals surface area contributed by atoms with E-state index in [1.807, 2.05) is 26.0 Å². The van der Waals surface area contributed by atoms with Gasteiger partial charge >= 0.3 is 6.03 Å². The first kappa shape index (κ1) is 20.9. The van der Waals surface area contributed by atoms with Crippen molar-refractivity contribution in [2.75, 3.05) is 5.32 Å². The fraction of sp³-hybridized carbons (Fsp3) is 0.333. The molecule has 1 aromatic heterocycles. The lowest BCUT2D eigenvalue weighted by atomic mass is 10.1. The molecule has 0 spiro atoms. The van der Waals surface area contributed by atoms with Gasteiger partial charge in [0.1, 0.15) is 0 Å². The fourth-order valence-electron chi connectivity index (χ4n) is 2.30. The van der Waals surface area contributed by atoms with Crippen molar-refractivity contribution in [1.82, 2.24) is 10.3 Å². The van der Waals surface area contributed by atoms with E-state index in [1.165, 1.54) is 23.1 Å². The number of benzene rings is 1. The lowest BCUT2D eigenvalue weighted by Gasteiger charge is -2.12. The minimum Gasteiger partial charge on any atom is -0.369 e. The summed E-state index contributed by atoms with van der Waals surface area (Å²) in [4.78, 5) is 40.5. The Morgan fingerprint density at radius 1 is 1.26 bits per heavy atom. The molecule has 27 heavy (non-hydrogen) atoms. The van der Waals surface area contributed by atoms with Crippen molar-refractivity contribution < 1.29 is 14.4 Å². The van der Waals surface area contributed by atoms with Crippen LogP contribution in [0.25, 0.3) is 0 Å². The topological polar surface area (TPSA) is 114 Å². The van der Waals surface area contributed by atoms with Crippen LogP contribution in [0.1, 0.15) is 28.6 Å². The summed E-state index contributed by atoms with van der Waals surface area (Å²) in [6.07, 6.45) is 0.128. The molecule has 0 aliphatic carbocycles. The molecular formula is C18H22N4O3S2. The van der Waals surface area contributed by atoms with Gasteiger partial charge in [0.25, 0.3) is 0 Å². The standard InChI is InChI=1S/C18H22N4O3S2/c1-9-5-6-13(10(2)7-9)21-17(25)22-16(24)12(4)26-18-20-11(3)14(27-18)8-15(19)23/h5-7,12H,8H2,1-4H3,(H2,19,23)(H2,21,22,24,25)/t12-/m0/s1. The zero-order valence-corrected chi connectivity index (χ0v) is 17.2. The van der Waals surface area contributed by atoms with E-state index in [2.05, 4.69) is 15.6 Å². The summed E-state index contributed by atoms with van der Waals surface area (Å²) in [5.41, 5.74) is 8.60. The Hall–Kier alpha value is -2.39. The van der Waals surface area contributed by atoms with Crippen LogP contribution in [-0.2, 0) is 16.0 Å². The number of anilines is 1. The maximum Gasteiger partial charge on any atom is 0.325 e. The second-order valence-electron chi connectivity index (χ2n) is 6.15. The maximum atomic E-state index is 12.3. The molecule has 0 aliphatic rings. The number of nitrogens with one attached hydrogen (secondary N) is 2. The first-order chi connectivity index (χ1) is 12.7. The lowest BCUT2D eigenvalue weighted by molar-refractivity contribution is -0.119. The zero-order chi connectivity index (χ0) is 20.1. The SMILES string of the molecule is Cc1ccc(NC(=O)NC(=O)[C@H](C)Sc2nc(C)c(CC(N)=O)s2)c(C)c1. The van der Waals surface area contributed by atoms with Gasteiger partial charge in [-0.15, -0.1) is 11.3 Å². The second-order valence-corrected chi connectivity index (χ2v) is 8.82. The summed E-state index contributed by atoms with van der Waals surface area (Å²) in [6, 6.07) is 5.05. The highest BCUT2D eigenvalue weighted by Gasteiger charge is 2.20. The van der Waals surface area contributed by atoms with E-state index in [-0.39, 0.29) is 6.42 Å². The Kier molecular flexibility index (Phi) is 6.98. The van der Waals surface area contributed by atoms with Crippen LogP contribution in [0.15, 0.2) is 22.5 Å². The second kappa shape index (κ2) is 9.01. The van der Waals surface area contributed by atoms with Crippen LogP contribution < -0.4 is 16.4 Å². The highest BCUT2D eigenvalue weighted by molar-refractivity contribution is 8.02. The molecule has 1 atom stereocenters. The van der Waals surface area contributed by atoms with Gasteiger partial charge in [-0.1, -0.05) is 29.5 Å². The number of thiazole rings is 1. The van der Waals surface area contributed by atoms with E-state index in [0.717, 1.165) is 21.7 Å². The average molecular weight is 407 g/mol. The number of urea groups is 1. The summed E-state index contributed by atoms with van der Waals surface area (Å²) >= 11 is 2.56. The van der Waals surface area contributed by atoms with Crippen molar-refractivity contribution in [3.63, 3.8) is 0 Å². The van der Waals surface area contributed by atoms with Crippen LogP contribution in [0, 0.1) is 20.8 Å². The van der Waals surface area contributed by atoms with E-state index in [0.29, 0.717) is 10.0 Å². The van der Waals surface area contributed by atoms with Gasteiger partial charge in [0.15, 0.2) is 4.34 Å². The predicted octanol–water partition coefficient (Wildman–Crippen LogP) is 2.93. The fourth-order valence-corrected chi connectivity index (χ4v) is 4.69. The van der Waals surface area contributed by atoms with Crippen LogP contribution in [-0.4, -0.2) is 28.1 Å². The third kappa shape index (κ3) is 6.07. The molecule has 4 amide bonds. The minimum absolute atomic E-state index is 0.128. The number of hydrogen-bond donors (Lipinski definition) is 3. The van der Waals surface area contributed by atoms with E-state index in [4.69, 9.17) is 5.73 Å². The minimum atomic E-state index is -0.580. The van der Waals surface area contributed by atoms with Crippen molar-refractivity contribution in [2.24, 2.45) is 5.73 Å². The van der Waals surface area contributed by atoms with Gasteiger partial charge in [0, 0.05) is 10.6 Å². The van der Waals surface area contributed by atoms with Crippen LogP contribution >= 0.6 is 23.1 Å². The molecule has 7 nitrogen and oxygen atoms in total. The first-order valence-electron chi connectivity index (χ1n) is 8.26. The Labute approximate surface area is 166 Å². The number of thioether (sulfide) groups is 1. The number of primary amides is 1. The molecule has 0 fully saturated rings. The van der Waals surface area contributed by atoms with E-state index >= 15 is 0 Å². The average Bonchev–Trinajstić information content (AvgIpc) is 2.88. The zero-order valence-electron chi connectivity index (χ0n) is 15.6. The third-order valence-electron chi connectivity index (χ3n) is 3.72. The lowest BCUT2D eigenvalue weighted by Crippen LogP contribution is -2.39. The van der Waals surface area contributed by atoms with Crippen LogP contribution in [0.5, 0.6) is 0 Å². The molecule has 0 bridgehead atoms. The van der Waals surface area contributed by atoms with Crippen molar-refractivity contribution in [3.05, 3.63) is 39.9 Å². The number of carbonyl (C=O) groups excluding carboxylic acids is 3. The molecule has 0 saturated carbocycles. The molecule has 0 unspecified atom stereocenters. The van der Waals surface area contributed by atoms with E-state index in [9.17, 15) is 14.4 Å². The molecule has 1 aromatic carbocycles. The van der Waals surface area contributed by atoms with Gasteiger partial charge in [-0.25, -0.2) is 9.78 Å². The highest BCUT2D eigenvalue weighted by atomic mass is 32.2. The number of nitrogens with two attached hydrogens (primary N) is 1. The Balaban J connectivity index is 1.93. The van der Waals surface area contributed by atoms with E-state index in [1.54, 1.807) is 19.9 Å². The number of nitrogens with zero attached hydrogens (tertiary/aromatic N) is 1. The molecule has 0 aliphatic heterocycles. The number of aromatic nitrogens is 1. The number of imide groups is 1. The number of aryl methyl sites for hydroxylation is 3. The number of hydrogen-bond acceptors (Lipinski definition) is 6. The molecule has 2 aromatic rings. The Morgan fingerprint density at radius 2 is 1.96 bits per heavy atom. The summed E-state index contributed by atoms with van der Waals surface area (Å²) in [5.74, 6) is -0.848. The summed E-state index contributed by atoms with van der Waals surface area (Å²) < 4.78 is 0.654. The van der Waals surface area contributed by atoms with Gasteiger partial charge in [-0.3, -0.25) is 14.9 Å². The van der Waals surface area contributed by atoms with Crippen molar-refractivity contribution >= 4 is 46.6 Å². The number of rotatable bonds is 6. The molecular weight excluding hydrogens is 384 g/mol. The highest BCUT2D eigenvalue weighted by Crippen LogP contribution is 2.30. The quantitative estimate of drug-likeness (QED) is 0.638.